The second-order valence-electron chi connectivity index (χ2n) is 4.85. The Labute approximate surface area is 93.9 Å². The lowest BCUT2D eigenvalue weighted by atomic mass is 9.96. The Balaban J connectivity index is 2.00. The molecule has 0 saturated heterocycles. The summed E-state index contributed by atoms with van der Waals surface area (Å²) in [5, 5.41) is 4.53. The summed E-state index contributed by atoms with van der Waals surface area (Å²) in [7, 11) is 0. The van der Waals surface area contributed by atoms with Crippen LogP contribution in [0.1, 0.15) is 55.7 Å². The Bertz CT molecular complexity index is 378. The van der Waals surface area contributed by atoms with Crippen molar-refractivity contribution < 1.29 is 4.52 Å². The average Bonchev–Trinajstić information content (AvgIpc) is 2.73. The minimum Gasteiger partial charge on any atom is -0.344 e. The summed E-state index contributed by atoms with van der Waals surface area (Å²) in [4.78, 5) is 0. The van der Waals surface area contributed by atoms with Crippen LogP contribution in [-0.4, -0.2) is 5.16 Å². The van der Waals surface area contributed by atoms with Crippen molar-refractivity contribution in [3.05, 3.63) is 16.5 Å². The van der Waals surface area contributed by atoms with Crippen LogP contribution in [0.2, 0.25) is 5.22 Å². The summed E-state index contributed by atoms with van der Waals surface area (Å²) >= 11 is 6.04. The number of hydrogen-bond donors (Lipinski definition) is 1. The second kappa shape index (κ2) is 3.22. The molecular weight excluding hydrogens is 212 g/mol. The minimum atomic E-state index is -0.227. The molecule has 1 heterocycles. The third kappa shape index (κ3) is 1.49. The van der Waals surface area contributed by atoms with Gasteiger partial charge in [-0.15, -0.1) is 0 Å². The number of hydrogen-bond acceptors (Lipinski definition) is 3. The molecule has 0 bridgehead atoms. The fourth-order valence-corrected chi connectivity index (χ4v) is 2.91. The SMILES string of the molecule is NC1(c2c(C3CCCC3)noc2Cl)CC1. The third-order valence-corrected chi connectivity index (χ3v) is 3.96. The largest absolute Gasteiger partial charge is 0.344 e. The Morgan fingerprint density at radius 3 is 2.60 bits per heavy atom. The molecule has 4 heteroatoms. The van der Waals surface area contributed by atoms with Crippen molar-refractivity contribution in [3.8, 4) is 0 Å². The van der Waals surface area contributed by atoms with Gasteiger partial charge in [-0.25, -0.2) is 0 Å². The molecule has 0 spiro atoms. The van der Waals surface area contributed by atoms with Gasteiger partial charge in [0.05, 0.1) is 11.3 Å². The van der Waals surface area contributed by atoms with Crippen LogP contribution < -0.4 is 5.73 Å². The van der Waals surface area contributed by atoms with Gasteiger partial charge < -0.3 is 10.3 Å². The van der Waals surface area contributed by atoms with Crippen LogP contribution in [0.25, 0.3) is 0 Å². The Morgan fingerprint density at radius 2 is 2.00 bits per heavy atom. The van der Waals surface area contributed by atoms with Gasteiger partial charge in [0.2, 0.25) is 5.22 Å². The molecule has 0 amide bonds. The second-order valence-corrected chi connectivity index (χ2v) is 5.20. The molecular formula is C11H15ClN2O. The molecule has 82 valence electrons. The summed E-state index contributed by atoms with van der Waals surface area (Å²) in [6.45, 7) is 0. The molecule has 3 rings (SSSR count). The van der Waals surface area contributed by atoms with Gasteiger partial charge in [0.1, 0.15) is 0 Å². The van der Waals surface area contributed by atoms with Gasteiger partial charge in [0, 0.05) is 11.5 Å². The van der Waals surface area contributed by atoms with E-state index in [1.165, 1.54) is 25.7 Å². The number of nitrogens with two attached hydrogens (primary N) is 1. The van der Waals surface area contributed by atoms with Gasteiger partial charge in [-0.05, 0) is 37.3 Å². The van der Waals surface area contributed by atoms with E-state index in [1.54, 1.807) is 0 Å². The lowest BCUT2D eigenvalue weighted by Gasteiger charge is -2.12. The maximum atomic E-state index is 6.20. The topological polar surface area (TPSA) is 52.0 Å². The van der Waals surface area contributed by atoms with Crippen molar-refractivity contribution in [2.45, 2.75) is 50.0 Å². The molecule has 2 N–H and O–H groups in total. The molecule has 2 saturated carbocycles. The molecule has 0 aliphatic heterocycles. The standard InChI is InChI=1S/C11H15ClN2O/c12-10-8(11(13)5-6-11)9(14-15-10)7-3-1-2-4-7/h7H,1-6,13H2. The van der Waals surface area contributed by atoms with E-state index in [-0.39, 0.29) is 5.54 Å². The number of nitrogens with zero attached hydrogens (tertiary/aromatic N) is 1. The maximum Gasteiger partial charge on any atom is 0.231 e. The minimum absolute atomic E-state index is 0.227. The van der Waals surface area contributed by atoms with Crippen LogP contribution in [0.15, 0.2) is 4.52 Å². The molecule has 15 heavy (non-hydrogen) atoms. The first-order chi connectivity index (χ1) is 7.21. The van der Waals surface area contributed by atoms with Gasteiger partial charge >= 0.3 is 0 Å². The van der Waals surface area contributed by atoms with E-state index in [9.17, 15) is 0 Å². The van der Waals surface area contributed by atoms with E-state index in [0.717, 1.165) is 24.1 Å². The Kier molecular flexibility index (Phi) is 2.08. The van der Waals surface area contributed by atoms with E-state index in [1.807, 2.05) is 0 Å². The van der Waals surface area contributed by atoms with Crippen molar-refractivity contribution in [2.75, 3.05) is 0 Å². The molecule has 2 aliphatic carbocycles. The molecule has 0 aromatic carbocycles. The summed E-state index contributed by atoms with van der Waals surface area (Å²) in [5.41, 5.74) is 8.01. The Hall–Kier alpha value is -0.540. The van der Waals surface area contributed by atoms with Crippen LogP contribution >= 0.6 is 11.6 Å². The van der Waals surface area contributed by atoms with Crippen LogP contribution in [0.5, 0.6) is 0 Å². The number of aromatic nitrogens is 1. The highest BCUT2D eigenvalue weighted by atomic mass is 35.5. The number of halogens is 1. The highest BCUT2D eigenvalue weighted by Crippen LogP contribution is 2.50. The zero-order chi connectivity index (χ0) is 10.5. The molecule has 1 aromatic heterocycles. The Morgan fingerprint density at radius 1 is 1.33 bits per heavy atom. The molecule has 3 nitrogen and oxygen atoms in total. The van der Waals surface area contributed by atoms with E-state index < -0.39 is 0 Å². The smallest absolute Gasteiger partial charge is 0.231 e. The van der Waals surface area contributed by atoms with Gasteiger partial charge in [0.25, 0.3) is 0 Å². The number of rotatable bonds is 2. The predicted molar refractivity (Wildman–Crippen MR) is 57.8 cm³/mol. The summed E-state index contributed by atoms with van der Waals surface area (Å²) in [5.74, 6) is 0.525. The van der Waals surface area contributed by atoms with E-state index in [0.29, 0.717) is 11.1 Å². The summed E-state index contributed by atoms with van der Waals surface area (Å²) in [6.07, 6.45) is 6.98. The van der Waals surface area contributed by atoms with Crippen molar-refractivity contribution in [3.63, 3.8) is 0 Å². The van der Waals surface area contributed by atoms with Gasteiger partial charge in [-0.1, -0.05) is 18.0 Å². The quantitative estimate of drug-likeness (QED) is 0.844. The van der Waals surface area contributed by atoms with Crippen molar-refractivity contribution in [2.24, 2.45) is 5.73 Å². The molecule has 0 unspecified atom stereocenters. The van der Waals surface area contributed by atoms with E-state index in [4.69, 9.17) is 21.9 Å². The summed E-state index contributed by atoms with van der Waals surface area (Å²) in [6, 6.07) is 0. The molecule has 2 fully saturated rings. The molecule has 0 radical (unpaired) electrons. The van der Waals surface area contributed by atoms with Crippen LogP contribution in [-0.2, 0) is 5.54 Å². The zero-order valence-corrected chi connectivity index (χ0v) is 9.39. The van der Waals surface area contributed by atoms with E-state index >= 15 is 0 Å². The maximum absolute atomic E-state index is 6.20. The van der Waals surface area contributed by atoms with E-state index in [2.05, 4.69) is 5.16 Å². The molecule has 2 aliphatic rings. The molecule has 0 atom stereocenters. The predicted octanol–water partition coefficient (Wildman–Crippen LogP) is 2.93. The van der Waals surface area contributed by atoms with Gasteiger partial charge in [-0.2, -0.15) is 0 Å². The van der Waals surface area contributed by atoms with Crippen molar-refractivity contribution in [1.29, 1.82) is 0 Å². The van der Waals surface area contributed by atoms with Crippen LogP contribution in [0.4, 0.5) is 0 Å². The monoisotopic (exact) mass is 226 g/mol. The van der Waals surface area contributed by atoms with Crippen molar-refractivity contribution >= 4 is 11.6 Å². The van der Waals surface area contributed by atoms with Crippen LogP contribution in [0, 0.1) is 0 Å². The van der Waals surface area contributed by atoms with Gasteiger partial charge in [0.15, 0.2) is 0 Å². The highest BCUT2D eigenvalue weighted by molar-refractivity contribution is 6.29. The normalized spacial score (nSPS) is 24.7. The lowest BCUT2D eigenvalue weighted by molar-refractivity contribution is 0.406. The first kappa shape index (κ1) is 9.67. The summed E-state index contributed by atoms with van der Waals surface area (Å²) < 4.78 is 5.11. The highest BCUT2D eigenvalue weighted by Gasteiger charge is 2.46. The van der Waals surface area contributed by atoms with Crippen LogP contribution in [0.3, 0.4) is 0 Å². The van der Waals surface area contributed by atoms with Crippen molar-refractivity contribution in [1.82, 2.24) is 5.16 Å². The van der Waals surface area contributed by atoms with Gasteiger partial charge in [-0.3, -0.25) is 0 Å². The average molecular weight is 227 g/mol. The lowest BCUT2D eigenvalue weighted by Crippen LogP contribution is -2.21. The molecule has 1 aromatic rings. The fourth-order valence-electron chi connectivity index (χ4n) is 2.59. The zero-order valence-electron chi connectivity index (χ0n) is 8.63. The third-order valence-electron chi connectivity index (χ3n) is 3.71. The first-order valence-corrected chi connectivity index (χ1v) is 6.03. The first-order valence-electron chi connectivity index (χ1n) is 5.65. The fraction of sp³-hybridized carbons (Fsp3) is 0.727.